The fourth-order valence-corrected chi connectivity index (χ4v) is 1.61. The molecule has 4 N–H and O–H groups in total. The number of rotatable bonds is 4. The zero-order valence-electron chi connectivity index (χ0n) is 10.5. The van der Waals surface area contributed by atoms with E-state index in [-0.39, 0.29) is 12.1 Å². The SMILES string of the molecule is Cc1cc(CNC(=O)c2cc(F)c(NN)c(F)c2)on1. The van der Waals surface area contributed by atoms with E-state index >= 15 is 0 Å². The maximum Gasteiger partial charge on any atom is 0.251 e. The molecule has 8 heteroatoms. The second-order valence-electron chi connectivity index (χ2n) is 4.08. The number of nitrogens with one attached hydrogen (secondary N) is 2. The Kier molecular flexibility index (Phi) is 3.94. The normalized spacial score (nSPS) is 10.4. The minimum atomic E-state index is -0.951. The van der Waals surface area contributed by atoms with E-state index in [9.17, 15) is 13.6 Å². The van der Waals surface area contributed by atoms with Gasteiger partial charge in [0.1, 0.15) is 5.69 Å². The molecular weight excluding hydrogens is 270 g/mol. The summed E-state index contributed by atoms with van der Waals surface area (Å²) in [5.74, 6) is 2.87. The average molecular weight is 282 g/mol. The lowest BCUT2D eigenvalue weighted by Crippen LogP contribution is -2.23. The van der Waals surface area contributed by atoms with Gasteiger partial charge in [-0.15, -0.1) is 0 Å². The lowest BCUT2D eigenvalue weighted by atomic mass is 10.1. The number of hydrogen-bond acceptors (Lipinski definition) is 5. The van der Waals surface area contributed by atoms with E-state index in [2.05, 4.69) is 10.5 Å². The van der Waals surface area contributed by atoms with Gasteiger partial charge in [-0.1, -0.05) is 5.16 Å². The van der Waals surface area contributed by atoms with E-state index in [1.807, 2.05) is 5.43 Å². The fourth-order valence-electron chi connectivity index (χ4n) is 1.61. The summed E-state index contributed by atoms with van der Waals surface area (Å²) in [6, 6.07) is 3.42. The van der Waals surface area contributed by atoms with Crippen molar-refractivity contribution in [1.29, 1.82) is 0 Å². The molecule has 0 atom stereocenters. The van der Waals surface area contributed by atoms with Gasteiger partial charge in [0.2, 0.25) is 0 Å². The number of carbonyl (C=O) groups is 1. The molecule has 106 valence electrons. The molecule has 0 radical (unpaired) electrons. The van der Waals surface area contributed by atoms with Gasteiger partial charge in [-0.2, -0.15) is 0 Å². The van der Waals surface area contributed by atoms with Gasteiger partial charge in [-0.05, 0) is 19.1 Å². The first-order chi connectivity index (χ1) is 9.51. The number of amides is 1. The molecule has 20 heavy (non-hydrogen) atoms. The summed E-state index contributed by atoms with van der Waals surface area (Å²) in [5.41, 5.74) is 1.91. The van der Waals surface area contributed by atoms with E-state index in [1.165, 1.54) is 0 Å². The van der Waals surface area contributed by atoms with Crippen LogP contribution in [0.25, 0.3) is 0 Å². The Balaban J connectivity index is 2.09. The molecule has 2 rings (SSSR count). The molecule has 0 aliphatic rings. The number of nitrogens with zero attached hydrogens (tertiary/aromatic N) is 1. The first-order valence-electron chi connectivity index (χ1n) is 5.67. The third kappa shape index (κ3) is 2.91. The van der Waals surface area contributed by atoms with E-state index in [0.717, 1.165) is 12.1 Å². The summed E-state index contributed by atoms with van der Waals surface area (Å²) in [6.07, 6.45) is 0. The third-order valence-corrected chi connectivity index (χ3v) is 2.55. The van der Waals surface area contributed by atoms with Crippen molar-refractivity contribution in [3.05, 3.63) is 46.9 Å². The predicted octanol–water partition coefficient (Wildman–Crippen LogP) is 1.48. The number of hydrogen-bond donors (Lipinski definition) is 3. The minimum absolute atomic E-state index is 0.0692. The molecule has 6 nitrogen and oxygen atoms in total. The highest BCUT2D eigenvalue weighted by Gasteiger charge is 2.14. The molecule has 2 aromatic rings. The van der Waals surface area contributed by atoms with Crippen molar-refractivity contribution in [3.8, 4) is 0 Å². The maximum absolute atomic E-state index is 13.4. The number of nitrogen functional groups attached to an aromatic ring is 1. The van der Waals surface area contributed by atoms with Crippen molar-refractivity contribution in [2.24, 2.45) is 5.84 Å². The van der Waals surface area contributed by atoms with Crippen LogP contribution >= 0.6 is 0 Å². The zero-order valence-corrected chi connectivity index (χ0v) is 10.5. The van der Waals surface area contributed by atoms with Crippen LogP contribution in [0.4, 0.5) is 14.5 Å². The van der Waals surface area contributed by atoms with Crippen LogP contribution in [-0.2, 0) is 6.54 Å². The first kappa shape index (κ1) is 13.9. The molecule has 0 aliphatic carbocycles. The van der Waals surface area contributed by atoms with Gasteiger partial charge >= 0.3 is 0 Å². The standard InChI is InChI=1S/C12H12F2N4O2/c1-6-2-8(20-18-6)5-16-12(19)7-3-9(13)11(17-15)10(14)4-7/h2-4,17H,5,15H2,1H3,(H,16,19). The summed E-state index contributed by atoms with van der Waals surface area (Å²) in [4.78, 5) is 11.8. The van der Waals surface area contributed by atoms with Crippen LogP contribution in [0.2, 0.25) is 0 Å². The highest BCUT2D eigenvalue weighted by atomic mass is 19.1. The Morgan fingerprint density at radius 2 is 2.00 bits per heavy atom. The van der Waals surface area contributed by atoms with Crippen LogP contribution in [0, 0.1) is 18.6 Å². The van der Waals surface area contributed by atoms with Crippen LogP contribution < -0.4 is 16.6 Å². The van der Waals surface area contributed by atoms with Crippen molar-refractivity contribution in [1.82, 2.24) is 10.5 Å². The number of nitrogens with two attached hydrogens (primary N) is 1. The summed E-state index contributed by atoms with van der Waals surface area (Å²) in [5, 5.41) is 6.11. The molecular formula is C12H12F2N4O2. The molecule has 0 bridgehead atoms. The van der Waals surface area contributed by atoms with Crippen LogP contribution in [0.1, 0.15) is 21.8 Å². The van der Waals surface area contributed by atoms with Gasteiger partial charge in [0, 0.05) is 11.6 Å². The van der Waals surface area contributed by atoms with Gasteiger partial charge in [0.15, 0.2) is 17.4 Å². The van der Waals surface area contributed by atoms with Crippen molar-refractivity contribution < 1.29 is 18.1 Å². The quantitative estimate of drug-likeness (QED) is 0.583. The second-order valence-corrected chi connectivity index (χ2v) is 4.08. The largest absolute Gasteiger partial charge is 0.359 e. The topological polar surface area (TPSA) is 93.2 Å². The number of benzene rings is 1. The molecule has 0 aliphatic heterocycles. The number of aryl methyl sites for hydroxylation is 1. The van der Waals surface area contributed by atoms with Crippen LogP contribution in [0.15, 0.2) is 22.7 Å². The Bertz CT molecular complexity index is 619. The molecule has 0 spiro atoms. The van der Waals surface area contributed by atoms with E-state index < -0.39 is 23.2 Å². The average Bonchev–Trinajstić information content (AvgIpc) is 2.81. The number of anilines is 1. The van der Waals surface area contributed by atoms with Crippen molar-refractivity contribution in [2.45, 2.75) is 13.5 Å². The molecule has 0 saturated carbocycles. The first-order valence-corrected chi connectivity index (χ1v) is 5.67. The Morgan fingerprint density at radius 1 is 1.35 bits per heavy atom. The summed E-state index contributed by atoms with van der Waals surface area (Å²) < 4.78 is 31.8. The maximum atomic E-state index is 13.4. The summed E-state index contributed by atoms with van der Waals surface area (Å²) in [6.45, 7) is 1.80. The monoisotopic (exact) mass is 282 g/mol. The van der Waals surface area contributed by atoms with Crippen molar-refractivity contribution in [3.63, 3.8) is 0 Å². The van der Waals surface area contributed by atoms with Gasteiger partial charge in [-0.25, -0.2) is 8.78 Å². The van der Waals surface area contributed by atoms with E-state index in [4.69, 9.17) is 10.4 Å². The lowest BCUT2D eigenvalue weighted by molar-refractivity contribution is 0.0946. The Morgan fingerprint density at radius 3 is 2.50 bits per heavy atom. The van der Waals surface area contributed by atoms with Crippen LogP contribution in [0.5, 0.6) is 0 Å². The molecule has 0 fully saturated rings. The van der Waals surface area contributed by atoms with Crippen LogP contribution in [0.3, 0.4) is 0 Å². The number of aromatic nitrogens is 1. The number of carbonyl (C=O) groups excluding carboxylic acids is 1. The van der Waals surface area contributed by atoms with Gasteiger partial charge in [-0.3, -0.25) is 10.6 Å². The lowest BCUT2D eigenvalue weighted by Gasteiger charge is -2.07. The van der Waals surface area contributed by atoms with Gasteiger partial charge in [0.05, 0.1) is 12.2 Å². The summed E-state index contributed by atoms with van der Waals surface area (Å²) in [7, 11) is 0. The number of halogens is 2. The molecule has 1 heterocycles. The van der Waals surface area contributed by atoms with E-state index in [1.54, 1.807) is 13.0 Å². The second kappa shape index (κ2) is 5.66. The molecule has 1 amide bonds. The van der Waals surface area contributed by atoms with Gasteiger partial charge < -0.3 is 15.3 Å². The smallest absolute Gasteiger partial charge is 0.251 e. The molecule has 1 aromatic carbocycles. The van der Waals surface area contributed by atoms with E-state index in [0.29, 0.717) is 11.5 Å². The predicted molar refractivity (Wildman–Crippen MR) is 66.6 cm³/mol. The molecule has 1 aromatic heterocycles. The van der Waals surface area contributed by atoms with Crippen molar-refractivity contribution in [2.75, 3.05) is 5.43 Å². The fraction of sp³-hybridized carbons (Fsp3) is 0.167. The third-order valence-electron chi connectivity index (χ3n) is 2.55. The van der Waals surface area contributed by atoms with Gasteiger partial charge in [0.25, 0.3) is 5.91 Å². The molecule has 0 saturated heterocycles. The van der Waals surface area contributed by atoms with Crippen LogP contribution in [-0.4, -0.2) is 11.1 Å². The highest BCUT2D eigenvalue weighted by molar-refractivity contribution is 5.94. The van der Waals surface area contributed by atoms with Crippen molar-refractivity contribution >= 4 is 11.6 Å². The minimum Gasteiger partial charge on any atom is -0.359 e. The Labute approximate surface area is 112 Å². The zero-order chi connectivity index (χ0) is 14.7. The Hall–Kier alpha value is -2.48. The molecule has 0 unspecified atom stereocenters. The summed E-state index contributed by atoms with van der Waals surface area (Å²) >= 11 is 0. The number of hydrazine groups is 1. The highest BCUT2D eigenvalue weighted by Crippen LogP contribution is 2.19.